The van der Waals surface area contributed by atoms with Gasteiger partial charge in [-0.25, -0.2) is 0 Å². The lowest BCUT2D eigenvalue weighted by molar-refractivity contribution is 0.599. The maximum absolute atomic E-state index is 6.27. The fraction of sp³-hybridized carbons (Fsp3) is 0.250. The molecule has 0 saturated heterocycles. The highest BCUT2D eigenvalue weighted by Crippen LogP contribution is 2.31. The van der Waals surface area contributed by atoms with E-state index < -0.39 is 0 Å². The molecule has 84 valence electrons. The van der Waals surface area contributed by atoms with Gasteiger partial charge >= 0.3 is 0 Å². The summed E-state index contributed by atoms with van der Waals surface area (Å²) in [7, 11) is 0. The van der Waals surface area contributed by atoms with Crippen molar-refractivity contribution in [2.45, 2.75) is 18.9 Å². The molecule has 4 heteroatoms. The third-order valence-electron chi connectivity index (χ3n) is 2.74. The summed E-state index contributed by atoms with van der Waals surface area (Å²) in [6.07, 6.45) is 3.63. The van der Waals surface area contributed by atoms with Gasteiger partial charge < -0.3 is 5.73 Å². The molecule has 0 spiro atoms. The molecular weight excluding hydrogens is 331 g/mol. The van der Waals surface area contributed by atoms with Crippen molar-refractivity contribution in [2.75, 3.05) is 0 Å². The van der Waals surface area contributed by atoms with E-state index in [9.17, 15) is 0 Å². The molecule has 2 heterocycles. The van der Waals surface area contributed by atoms with Crippen LogP contribution in [0.1, 0.15) is 30.0 Å². The lowest BCUT2D eigenvalue weighted by atomic mass is 9.91. The highest BCUT2D eigenvalue weighted by atomic mass is 127. The lowest BCUT2D eigenvalue weighted by Crippen LogP contribution is -2.17. The van der Waals surface area contributed by atoms with E-state index in [0.29, 0.717) is 5.92 Å². The average Bonchev–Trinajstić information content (AvgIpc) is 2.75. The molecule has 0 aliphatic carbocycles. The van der Waals surface area contributed by atoms with Gasteiger partial charge in [0, 0.05) is 24.4 Å². The third-order valence-corrected chi connectivity index (χ3v) is 4.55. The first-order valence-electron chi connectivity index (χ1n) is 5.08. The Kier molecular flexibility index (Phi) is 3.94. The Labute approximate surface area is 113 Å². The zero-order chi connectivity index (χ0) is 11.5. The second-order valence-corrected chi connectivity index (χ2v) is 6.58. The van der Waals surface area contributed by atoms with Crippen molar-refractivity contribution in [3.63, 3.8) is 0 Å². The Balaban J connectivity index is 2.19. The van der Waals surface area contributed by atoms with Crippen LogP contribution in [0.15, 0.2) is 36.0 Å². The van der Waals surface area contributed by atoms with Crippen LogP contribution < -0.4 is 5.73 Å². The minimum absolute atomic E-state index is 0.0576. The van der Waals surface area contributed by atoms with Gasteiger partial charge in [-0.1, -0.05) is 6.92 Å². The highest BCUT2D eigenvalue weighted by Gasteiger charge is 2.17. The average molecular weight is 344 g/mol. The van der Waals surface area contributed by atoms with Gasteiger partial charge in [-0.2, -0.15) is 0 Å². The molecular formula is C12H13IN2S. The molecule has 2 rings (SSSR count). The second-order valence-electron chi connectivity index (χ2n) is 3.78. The van der Waals surface area contributed by atoms with Crippen LogP contribution in [0.4, 0.5) is 0 Å². The van der Waals surface area contributed by atoms with Gasteiger partial charge in [0.15, 0.2) is 0 Å². The number of pyridine rings is 1. The molecule has 0 amide bonds. The minimum Gasteiger partial charge on any atom is -0.323 e. The number of thiophene rings is 1. The quantitative estimate of drug-likeness (QED) is 0.865. The van der Waals surface area contributed by atoms with Crippen LogP contribution in [0.3, 0.4) is 0 Å². The number of nitrogens with zero attached hydrogens (tertiary/aromatic N) is 1. The van der Waals surface area contributed by atoms with Crippen LogP contribution >= 0.6 is 33.9 Å². The lowest BCUT2D eigenvalue weighted by Gasteiger charge is -2.19. The Morgan fingerprint density at radius 1 is 1.31 bits per heavy atom. The summed E-state index contributed by atoms with van der Waals surface area (Å²) in [6, 6.07) is 6.28. The number of nitrogens with two attached hydrogens (primary N) is 1. The number of halogens is 1. The SMILES string of the molecule is CC(c1ccncc1)C(N)c1csc(I)c1. The molecule has 0 bridgehead atoms. The molecule has 16 heavy (non-hydrogen) atoms. The summed E-state index contributed by atoms with van der Waals surface area (Å²) >= 11 is 4.06. The maximum Gasteiger partial charge on any atom is 0.0656 e. The topological polar surface area (TPSA) is 38.9 Å². The molecule has 2 aromatic rings. The van der Waals surface area contributed by atoms with E-state index in [1.165, 1.54) is 14.0 Å². The summed E-state index contributed by atoms with van der Waals surface area (Å²) in [6.45, 7) is 2.16. The smallest absolute Gasteiger partial charge is 0.0656 e. The zero-order valence-electron chi connectivity index (χ0n) is 8.93. The van der Waals surface area contributed by atoms with Crippen LogP contribution in [0.2, 0.25) is 0 Å². The Bertz CT molecular complexity index is 455. The first-order valence-corrected chi connectivity index (χ1v) is 7.04. The molecule has 2 unspecified atom stereocenters. The van der Waals surface area contributed by atoms with Gasteiger partial charge in [-0.3, -0.25) is 4.98 Å². The molecule has 2 nitrogen and oxygen atoms in total. The summed E-state index contributed by atoms with van der Waals surface area (Å²) in [5, 5.41) is 2.14. The van der Waals surface area contributed by atoms with Crippen LogP contribution in [-0.2, 0) is 0 Å². The van der Waals surface area contributed by atoms with Gasteiger partial charge in [0.1, 0.15) is 0 Å². The minimum atomic E-state index is 0.0576. The molecule has 0 aromatic carbocycles. The maximum atomic E-state index is 6.27. The van der Waals surface area contributed by atoms with Crippen LogP contribution in [-0.4, -0.2) is 4.98 Å². The van der Waals surface area contributed by atoms with Crippen molar-refractivity contribution in [3.8, 4) is 0 Å². The zero-order valence-corrected chi connectivity index (χ0v) is 11.9. The fourth-order valence-corrected chi connectivity index (χ4v) is 3.08. The molecule has 2 atom stereocenters. The predicted molar refractivity (Wildman–Crippen MR) is 76.6 cm³/mol. The van der Waals surface area contributed by atoms with Crippen molar-refractivity contribution in [1.82, 2.24) is 4.98 Å². The van der Waals surface area contributed by atoms with E-state index in [2.05, 4.69) is 45.9 Å². The van der Waals surface area contributed by atoms with Crippen molar-refractivity contribution < 1.29 is 0 Å². The Hall–Kier alpha value is -0.460. The summed E-state index contributed by atoms with van der Waals surface area (Å²) in [5.41, 5.74) is 8.73. The molecule has 0 fully saturated rings. The van der Waals surface area contributed by atoms with Crippen molar-refractivity contribution >= 4 is 33.9 Å². The van der Waals surface area contributed by atoms with E-state index in [-0.39, 0.29) is 6.04 Å². The Morgan fingerprint density at radius 2 is 2.00 bits per heavy atom. The van der Waals surface area contributed by atoms with Gasteiger partial charge in [-0.15, -0.1) is 11.3 Å². The van der Waals surface area contributed by atoms with E-state index in [1.807, 2.05) is 24.5 Å². The van der Waals surface area contributed by atoms with E-state index in [1.54, 1.807) is 11.3 Å². The molecule has 0 aliphatic heterocycles. The highest BCUT2D eigenvalue weighted by molar-refractivity contribution is 14.1. The number of rotatable bonds is 3. The van der Waals surface area contributed by atoms with Gasteiger partial charge in [0.05, 0.1) is 2.88 Å². The van der Waals surface area contributed by atoms with Crippen molar-refractivity contribution in [2.24, 2.45) is 5.73 Å². The number of hydrogen-bond acceptors (Lipinski definition) is 3. The summed E-state index contributed by atoms with van der Waals surface area (Å²) in [5.74, 6) is 0.313. The monoisotopic (exact) mass is 344 g/mol. The van der Waals surface area contributed by atoms with Crippen LogP contribution in [0, 0.1) is 2.88 Å². The van der Waals surface area contributed by atoms with Crippen LogP contribution in [0.25, 0.3) is 0 Å². The van der Waals surface area contributed by atoms with Gasteiger partial charge in [-0.05, 0) is 57.3 Å². The summed E-state index contributed by atoms with van der Waals surface area (Å²) in [4.78, 5) is 4.02. The molecule has 2 aromatic heterocycles. The standard InChI is InChI=1S/C12H13IN2S/c1-8(9-2-4-15-5-3-9)12(14)10-6-11(13)16-7-10/h2-8,12H,14H2,1H3. The second kappa shape index (κ2) is 5.25. The number of hydrogen-bond donors (Lipinski definition) is 1. The third kappa shape index (κ3) is 2.61. The molecule has 0 radical (unpaired) electrons. The van der Waals surface area contributed by atoms with E-state index in [4.69, 9.17) is 5.73 Å². The van der Waals surface area contributed by atoms with Crippen molar-refractivity contribution in [3.05, 3.63) is 50.0 Å². The van der Waals surface area contributed by atoms with E-state index >= 15 is 0 Å². The fourth-order valence-electron chi connectivity index (χ4n) is 1.66. The first kappa shape index (κ1) is 12.0. The predicted octanol–water partition coefficient (Wildman–Crippen LogP) is 3.55. The normalized spacial score (nSPS) is 14.7. The Morgan fingerprint density at radius 3 is 2.56 bits per heavy atom. The van der Waals surface area contributed by atoms with Crippen LogP contribution in [0.5, 0.6) is 0 Å². The molecule has 0 aliphatic rings. The van der Waals surface area contributed by atoms with Gasteiger partial charge in [0.2, 0.25) is 0 Å². The summed E-state index contributed by atoms with van der Waals surface area (Å²) < 4.78 is 1.28. The first-order chi connectivity index (χ1) is 7.68. The number of aromatic nitrogens is 1. The van der Waals surface area contributed by atoms with Crippen molar-refractivity contribution in [1.29, 1.82) is 0 Å². The largest absolute Gasteiger partial charge is 0.323 e. The van der Waals surface area contributed by atoms with E-state index in [0.717, 1.165) is 0 Å². The molecule has 2 N–H and O–H groups in total. The molecule has 0 saturated carbocycles. The van der Waals surface area contributed by atoms with Gasteiger partial charge in [0.25, 0.3) is 0 Å².